The van der Waals surface area contributed by atoms with Gasteiger partial charge in [-0.1, -0.05) is 30.3 Å². The summed E-state index contributed by atoms with van der Waals surface area (Å²) in [5, 5.41) is 0. The molecular formula is C22H24N4O. The lowest BCUT2D eigenvalue weighted by atomic mass is 9.96. The zero-order chi connectivity index (χ0) is 18.5. The van der Waals surface area contributed by atoms with Crippen LogP contribution >= 0.6 is 0 Å². The van der Waals surface area contributed by atoms with E-state index < -0.39 is 0 Å². The minimum atomic E-state index is 0.207. The molecule has 1 aliphatic heterocycles. The second-order valence-electron chi connectivity index (χ2n) is 7.11. The van der Waals surface area contributed by atoms with Gasteiger partial charge in [-0.3, -0.25) is 9.78 Å². The van der Waals surface area contributed by atoms with Gasteiger partial charge in [-0.25, -0.2) is 4.98 Å². The van der Waals surface area contributed by atoms with Crippen molar-refractivity contribution in [3.63, 3.8) is 0 Å². The van der Waals surface area contributed by atoms with Gasteiger partial charge < -0.3 is 9.47 Å². The van der Waals surface area contributed by atoms with Crippen LogP contribution in [0.5, 0.6) is 0 Å². The SMILES string of the molecule is O=C(Cc1ccccc1)N1CCC[C@H](c2nccn2Cc2ccncc2)C1. The molecule has 1 atom stereocenters. The number of benzene rings is 1. The number of hydrogen-bond acceptors (Lipinski definition) is 3. The Morgan fingerprint density at radius 3 is 2.67 bits per heavy atom. The molecule has 4 rings (SSSR count). The molecule has 0 aliphatic carbocycles. The summed E-state index contributed by atoms with van der Waals surface area (Å²) in [5.41, 5.74) is 2.28. The zero-order valence-corrected chi connectivity index (χ0v) is 15.4. The van der Waals surface area contributed by atoms with Gasteiger partial charge in [-0.2, -0.15) is 0 Å². The lowest BCUT2D eigenvalue weighted by Gasteiger charge is -2.33. The summed E-state index contributed by atoms with van der Waals surface area (Å²) < 4.78 is 2.20. The molecule has 1 amide bonds. The molecule has 1 aliphatic rings. The number of amides is 1. The maximum absolute atomic E-state index is 12.8. The van der Waals surface area contributed by atoms with Gasteiger partial charge in [0.1, 0.15) is 5.82 Å². The molecule has 0 radical (unpaired) electrons. The first-order valence-corrected chi connectivity index (χ1v) is 9.51. The van der Waals surface area contributed by atoms with Crippen LogP contribution in [0.2, 0.25) is 0 Å². The molecular weight excluding hydrogens is 336 g/mol. The predicted molar refractivity (Wildman–Crippen MR) is 104 cm³/mol. The normalized spacial score (nSPS) is 17.0. The quantitative estimate of drug-likeness (QED) is 0.702. The van der Waals surface area contributed by atoms with Crippen LogP contribution in [0, 0.1) is 0 Å². The smallest absolute Gasteiger partial charge is 0.227 e. The van der Waals surface area contributed by atoms with Crippen molar-refractivity contribution in [2.24, 2.45) is 0 Å². The van der Waals surface area contributed by atoms with Crippen molar-refractivity contribution in [1.29, 1.82) is 0 Å². The topological polar surface area (TPSA) is 51.0 Å². The summed E-state index contributed by atoms with van der Waals surface area (Å²) in [4.78, 5) is 23.5. The monoisotopic (exact) mass is 360 g/mol. The van der Waals surface area contributed by atoms with Crippen LogP contribution in [-0.2, 0) is 17.8 Å². The van der Waals surface area contributed by atoms with E-state index in [1.165, 1.54) is 5.56 Å². The Morgan fingerprint density at radius 2 is 1.85 bits per heavy atom. The number of likely N-dealkylation sites (tertiary alicyclic amines) is 1. The van der Waals surface area contributed by atoms with Gasteiger partial charge in [-0.15, -0.1) is 0 Å². The molecule has 27 heavy (non-hydrogen) atoms. The first-order chi connectivity index (χ1) is 13.3. The van der Waals surface area contributed by atoms with Gasteiger partial charge in [0.25, 0.3) is 0 Å². The molecule has 138 valence electrons. The van der Waals surface area contributed by atoms with E-state index >= 15 is 0 Å². The second-order valence-corrected chi connectivity index (χ2v) is 7.11. The molecule has 5 nitrogen and oxygen atoms in total. The molecule has 0 bridgehead atoms. The molecule has 0 saturated carbocycles. The van der Waals surface area contributed by atoms with Crippen molar-refractivity contribution < 1.29 is 4.79 Å². The Morgan fingerprint density at radius 1 is 1.04 bits per heavy atom. The molecule has 3 aromatic rings. The number of hydrogen-bond donors (Lipinski definition) is 0. The highest BCUT2D eigenvalue weighted by Gasteiger charge is 2.27. The Bertz CT molecular complexity index is 876. The fourth-order valence-corrected chi connectivity index (χ4v) is 3.80. The Kier molecular flexibility index (Phi) is 5.28. The molecule has 0 unspecified atom stereocenters. The lowest BCUT2D eigenvalue weighted by Crippen LogP contribution is -2.40. The average Bonchev–Trinajstić information content (AvgIpc) is 3.18. The molecule has 1 saturated heterocycles. The fourth-order valence-electron chi connectivity index (χ4n) is 3.80. The standard InChI is InChI=1S/C22H24N4O/c27-21(15-18-5-2-1-3-6-18)25-13-4-7-20(17-25)22-24-12-14-26(22)16-19-8-10-23-11-9-19/h1-3,5-6,8-12,14,20H,4,7,13,15-17H2/t20-/m0/s1. The summed E-state index contributed by atoms with van der Waals surface area (Å²) in [6.45, 7) is 2.37. The molecule has 0 N–H and O–H groups in total. The first-order valence-electron chi connectivity index (χ1n) is 9.51. The van der Waals surface area contributed by atoms with Crippen molar-refractivity contribution >= 4 is 5.91 Å². The highest BCUT2D eigenvalue weighted by molar-refractivity contribution is 5.78. The Balaban J connectivity index is 1.44. The molecule has 2 aromatic heterocycles. The summed E-state index contributed by atoms with van der Waals surface area (Å²) in [6, 6.07) is 14.0. The van der Waals surface area contributed by atoms with Crippen LogP contribution in [0.25, 0.3) is 0 Å². The van der Waals surface area contributed by atoms with Gasteiger partial charge in [0.2, 0.25) is 5.91 Å². The van der Waals surface area contributed by atoms with E-state index in [2.05, 4.69) is 14.5 Å². The number of carbonyl (C=O) groups excluding carboxylic acids is 1. The van der Waals surface area contributed by atoms with E-state index in [0.29, 0.717) is 6.42 Å². The van der Waals surface area contributed by atoms with E-state index in [4.69, 9.17) is 0 Å². The number of pyridine rings is 1. The lowest BCUT2D eigenvalue weighted by molar-refractivity contribution is -0.131. The van der Waals surface area contributed by atoms with Crippen molar-refractivity contribution in [3.8, 4) is 0 Å². The third-order valence-electron chi connectivity index (χ3n) is 5.19. The molecule has 5 heteroatoms. The van der Waals surface area contributed by atoms with Crippen LogP contribution in [0.4, 0.5) is 0 Å². The van der Waals surface area contributed by atoms with Crippen LogP contribution in [-0.4, -0.2) is 38.4 Å². The molecule has 0 spiro atoms. The van der Waals surface area contributed by atoms with E-state index in [0.717, 1.165) is 43.9 Å². The fraction of sp³-hybridized carbons (Fsp3) is 0.318. The zero-order valence-electron chi connectivity index (χ0n) is 15.4. The highest BCUT2D eigenvalue weighted by Crippen LogP contribution is 2.26. The summed E-state index contributed by atoms with van der Waals surface area (Å²) in [5.74, 6) is 1.57. The minimum absolute atomic E-state index is 0.207. The molecule has 3 heterocycles. The predicted octanol–water partition coefficient (Wildman–Crippen LogP) is 3.28. The molecule has 1 aromatic carbocycles. The highest BCUT2D eigenvalue weighted by atomic mass is 16.2. The van der Waals surface area contributed by atoms with Crippen molar-refractivity contribution in [2.45, 2.75) is 31.7 Å². The van der Waals surface area contributed by atoms with Gasteiger partial charge in [-0.05, 0) is 36.1 Å². The molecule has 1 fully saturated rings. The van der Waals surface area contributed by atoms with Crippen molar-refractivity contribution in [3.05, 3.63) is 84.2 Å². The average molecular weight is 360 g/mol. The number of imidazole rings is 1. The van der Waals surface area contributed by atoms with Gasteiger partial charge in [0.05, 0.1) is 6.42 Å². The second kappa shape index (κ2) is 8.16. The van der Waals surface area contributed by atoms with E-state index in [9.17, 15) is 4.79 Å². The third kappa shape index (κ3) is 4.25. The Labute approximate surface area is 159 Å². The van der Waals surface area contributed by atoms with Crippen LogP contribution < -0.4 is 0 Å². The number of piperidine rings is 1. The third-order valence-corrected chi connectivity index (χ3v) is 5.19. The number of rotatable bonds is 5. The number of nitrogens with zero attached hydrogens (tertiary/aromatic N) is 4. The Hall–Kier alpha value is -2.95. The first kappa shape index (κ1) is 17.5. The van der Waals surface area contributed by atoms with Gasteiger partial charge in [0, 0.05) is 50.3 Å². The van der Waals surface area contributed by atoms with E-state index in [-0.39, 0.29) is 11.8 Å². The number of carbonyl (C=O) groups is 1. The van der Waals surface area contributed by atoms with Crippen LogP contribution in [0.1, 0.15) is 35.7 Å². The summed E-state index contributed by atoms with van der Waals surface area (Å²) >= 11 is 0. The van der Waals surface area contributed by atoms with Gasteiger partial charge in [0.15, 0.2) is 0 Å². The largest absolute Gasteiger partial charge is 0.342 e. The maximum Gasteiger partial charge on any atom is 0.227 e. The minimum Gasteiger partial charge on any atom is -0.342 e. The number of aromatic nitrogens is 3. The van der Waals surface area contributed by atoms with Gasteiger partial charge >= 0.3 is 0 Å². The van der Waals surface area contributed by atoms with E-state index in [1.54, 1.807) is 0 Å². The maximum atomic E-state index is 12.8. The van der Waals surface area contributed by atoms with Crippen LogP contribution in [0.3, 0.4) is 0 Å². The van der Waals surface area contributed by atoms with Crippen molar-refractivity contribution in [1.82, 2.24) is 19.4 Å². The summed E-state index contributed by atoms with van der Waals surface area (Å²) in [6.07, 6.45) is 10.1. The van der Waals surface area contributed by atoms with E-state index in [1.807, 2.05) is 72.2 Å². The summed E-state index contributed by atoms with van der Waals surface area (Å²) in [7, 11) is 0. The van der Waals surface area contributed by atoms with Crippen LogP contribution in [0.15, 0.2) is 67.3 Å². The van der Waals surface area contributed by atoms with Crippen molar-refractivity contribution in [2.75, 3.05) is 13.1 Å².